The van der Waals surface area contributed by atoms with E-state index in [1.165, 1.54) is 5.56 Å². The van der Waals surface area contributed by atoms with Gasteiger partial charge in [0.15, 0.2) is 0 Å². The van der Waals surface area contributed by atoms with Gasteiger partial charge < -0.3 is 5.32 Å². The molecule has 1 aromatic carbocycles. The highest BCUT2D eigenvalue weighted by Crippen LogP contribution is 2.37. The predicted molar refractivity (Wildman–Crippen MR) is 79.3 cm³/mol. The normalized spacial score (nSPS) is 24.8. The molecule has 0 spiro atoms. The molecule has 1 aromatic rings. The molecule has 0 radical (unpaired) electrons. The van der Waals surface area contributed by atoms with Crippen molar-refractivity contribution in [3.63, 3.8) is 0 Å². The van der Waals surface area contributed by atoms with Crippen LogP contribution in [0.15, 0.2) is 30.3 Å². The van der Waals surface area contributed by atoms with Crippen molar-refractivity contribution in [2.45, 2.75) is 57.2 Å². The Morgan fingerprint density at radius 3 is 2.29 bits per heavy atom. The van der Waals surface area contributed by atoms with Crippen molar-refractivity contribution < 1.29 is 13.2 Å². The van der Waals surface area contributed by atoms with Crippen LogP contribution in [0.1, 0.15) is 50.5 Å². The molecule has 2 rings (SSSR count). The van der Waals surface area contributed by atoms with Crippen LogP contribution < -0.4 is 5.32 Å². The van der Waals surface area contributed by atoms with Crippen molar-refractivity contribution in [3.8, 4) is 0 Å². The minimum Gasteiger partial charge on any atom is -0.314 e. The highest BCUT2D eigenvalue weighted by molar-refractivity contribution is 5.18. The van der Waals surface area contributed by atoms with Crippen molar-refractivity contribution in [1.82, 2.24) is 5.32 Å². The summed E-state index contributed by atoms with van der Waals surface area (Å²) in [7, 11) is 0. The molecule has 1 atom stereocenters. The molecule has 0 bridgehead atoms. The molecule has 4 heteroatoms. The lowest BCUT2D eigenvalue weighted by molar-refractivity contribution is -0.182. The summed E-state index contributed by atoms with van der Waals surface area (Å²) in [6.45, 7) is 3.06. The molecule has 118 valence electrons. The van der Waals surface area contributed by atoms with Crippen LogP contribution >= 0.6 is 0 Å². The van der Waals surface area contributed by atoms with Gasteiger partial charge in [-0.05, 0) is 50.1 Å². The third-order valence-corrected chi connectivity index (χ3v) is 4.57. The van der Waals surface area contributed by atoms with E-state index in [0.29, 0.717) is 18.8 Å². The van der Waals surface area contributed by atoms with Crippen molar-refractivity contribution in [2.75, 3.05) is 6.54 Å². The molecular weight excluding hydrogens is 275 g/mol. The first-order chi connectivity index (χ1) is 9.97. The Kier molecular flexibility index (Phi) is 5.68. The maximum atomic E-state index is 12.6. The van der Waals surface area contributed by atoms with E-state index in [2.05, 4.69) is 24.4 Å². The fourth-order valence-electron chi connectivity index (χ4n) is 3.08. The Morgan fingerprint density at radius 2 is 1.71 bits per heavy atom. The van der Waals surface area contributed by atoms with Crippen molar-refractivity contribution in [2.24, 2.45) is 5.92 Å². The first-order valence-corrected chi connectivity index (χ1v) is 7.82. The van der Waals surface area contributed by atoms with Crippen LogP contribution in [0.4, 0.5) is 13.2 Å². The lowest BCUT2D eigenvalue weighted by Crippen LogP contribution is -2.37. The number of hydrogen-bond donors (Lipinski definition) is 1. The Labute approximate surface area is 124 Å². The number of alkyl halides is 3. The van der Waals surface area contributed by atoms with Gasteiger partial charge in [-0.1, -0.05) is 37.3 Å². The van der Waals surface area contributed by atoms with Crippen LogP contribution in [-0.2, 0) is 0 Å². The van der Waals surface area contributed by atoms with Crippen LogP contribution in [0, 0.1) is 5.92 Å². The molecule has 1 aliphatic carbocycles. The number of nitrogens with one attached hydrogen (secondary N) is 1. The number of hydrogen-bond acceptors (Lipinski definition) is 1. The molecule has 1 unspecified atom stereocenters. The van der Waals surface area contributed by atoms with E-state index in [4.69, 9.17) is 0 Å². The molecule has 1 N–H and O–H groups in total. The van der Waals surface area contributed by atoms with Crippen LogP contribution in [0.2, 0.25) is 0 Å². The zero-order valence-corrected chi connectivity index (χ0v) is 12.5. The van der Waals surface area contributed by atoms with Crippen molar-refractivity contribution in [3.05, 3.63) is 35.9 Å². The van der Waals surface area contributed by atoms with Crippen molar-refractivity contribution in [1.29, 1.82) is 0 Å². The van der Waals surface area contributed by atoms with Gasteiger partial charge in [0.25, 0.3) is 0 Å². The van der Waals surface area contributed by atoms with E-state index in [9.17, 15) is 13.2 Å². The summed E-state index contributed by atoms with van der Waals surface area (Å²) in [6, 6.07) is 10.6. The summed E-state index contributed by atoms with van der Waals surface area (Å²) in [4.78, 5) is 0. The predicted octanol–water partition coefficient (Wildman–Crippen LogP) is 4.89. The zero-order chi connectivity index (χ0) is 15.3. The third-order valence-electron chi connectivity index (χ3n) is 4.57. The van der Waals surface area contributed by atoms with E-state index in [1.54, 1.807) is 0 Å². The average Bonchev–Trinajstić information content (AvgIpc) is 2.47. The van der Waals surface area contributed by atoms with Crippen LogP contribution in [-0.4, -0.2) is 18.8 Å². The summed E-state index contributed by atoms with van der Waals surface area (Å²) in [6.07, 6.45) is -1.16. The Hall–Kier alpha value is -1.03. The average molecular weight is 299 g/mol. The van der Waals surface area contributed by atoms with Gasteiger partial charge in [-0.3, -0.25) is 0 Å². The summed E-state index contributed by atoms with van der Waals surface area (Å²) in [5.41, 5.74) is 1.32. The highest BCUT2D eigenvalue weighted by atomic mass is 19.4. The second-order valence-corrected chi connectivity index (χ2v) is 6.14. The van der Waals surface area contributed by atoms with E-state index in [-0.39, 0.29) is 18.9 Å². The fourth-order valence-corrected chi connectivity index (χ4v) is 3.08. The largest absolute Gasteiger partial charge is 0.391 e. The first-order valence-electron chi connectivity index (χ1n) is 7.82. The molecule has 0 aliphatic heterocycles. The molecule has 1 fully saturated rings. The van der Waals surface area contributed by atoms with Gasteiger partial charge >= 0.3 is 6.18 Å². The third kappa shape index (κ3) is 5.03. The second kappa shape index (κ2) is 7.30. The van der Waals surface area contributed by atoms with E-state index in [0.717, 1.165) is 13.0 Å². The molecule has 0 aromatic heterocycles. The Bertz CT molecular complexity index is 408. The molecule has 0 saturated heterocycles. The highest BCUT2D eigenvalue weighted by Gasteiger charge is 2.41. The summed E-state index contributed by atoms with van der Waals surface area (Å²) in [5, 5.41) is 3.43. The smallest absolute Gasteiger partial charge is 0.314 e. The monoisotopic (exact) mass is 299 g/mol. The van der Waals surface area contributed by atoms with E-state index in [1.807, 2.05) is 18.2 Å². The van der Waals surface area contributed by atoms with Crippen LogP contribution in [0.5, 0.6) is 0 Å². The van der Waals surface area contributed by atoms with Crippen molar-refractivity contribution >= 4 is 0 Å². The van der Waals surface area contributed by atoms with Gasteiger partial charge in [0.05, 0.1) is 5.92 Å². The fraction of sp³-hybridized carbons (Fsp3) is 0.647. The summed E-state index contributed by atoms with van der Waals surface area (Å²) in [5.74, 6) is -0.607. The number of halogens is 3. The van der Waals surface area contributed by atoms with Gasteiger partial charge in [0.2, 0.25) is 0 Å². The quantitative estimate of drug-likeness (QED) is 0.816. The summed E-state index contributed by atoms with van der Waals surface area (Å²) >= 11 is 0. The maximum Gasteiger partial charge on any atom is 0.391 e. The first kappa shape index (κ1) is 16.3. The molecule has 0 amide bonds. The Balaban J connectivity index is 1.66. The standard InChI is InChI=1S/C17H24F3N/c1-13(14-5-3-2-4-6-14)11-12-21-16-9-7-15(8-10-16)17(18,19)20/h2-6,13,15-16,21H,7-12H2,1H3. The molecule has 1 nitrogen and oxygen atoms in total. The molecule has 1 saturated carbocycles. The zero-order valence-electron chi connectivity index (χ0n) is 12.5. The maximum absolute atomic E-state index is 12.6. The van der Waals surface area contributed by atoms with E-state index < -0.39 is 12.1 Å². The molecule has 0 heterocycles. The number of rotatable bonds is 5. The minimum atomic E-state index is -4.01. The lowest BCUT2D eigenvalue weighted by Gasteiger charge is -2.30. The van der Waals surface area contributed by atoms with Gasteiger partial charge in [0.1, 0.15) is 0 Å². The van der Waals surface area contributed by atoms with Gasteiger partial charge in [0, 0.05) is 6.04 Å². The summed E-state index contributed by atoms with van der Waals surface area (Å²) < 4.78 is 37.8. The SMILES string of the molecule is CC(CCNC1CCC(C(F)(F)F)CC1)c1ccccc1. The van der Waals surface area contributed by atoms with Crippen LogP contribution in [0.3, 0.4) is 0 Å². The molecule has 1 aliphatic rings. The topological polar surface area (TPSA) is 12.0 Å². The van der Waals surface area contributed by atoms with Gasteiger partial charge in [-0.2, -0.15) is 13.2 Å². The number of benzene rings is 1. The lowest BCUT2D eigenvalue weighted by atomic mass is 9.85. The van der Waals surface area contributed by atoms with Gasteiger partial charge in [-0.25, -0.2) is 0 Å². The molecule has 21 heavy (non-hydrogen) atoms. The molecular formula is C17H24F3N. The minimum absolute atomic E-state index is 0.256. The Morgan fingerprint density at radius 1 is 1.10 bits per heavy atom. The van der Waals surface area contributed by atoms with Gasteiger partial charge in [-0.15, -0.1) is 0 Å². The second-order valence-electron chi connectivity index (χ2n) is 6.14. The van der Waals surface area contributed by atoms with Crippen LogP contribution in [0.25, 0.3) is 0 Å². The van der Waals surface area contributed by atoms with E-state index >= 15 is 0 Å².